The Morgan fingerprint density at radius 3 is 2.57 bits per heavy atom. The molecule has 0 spiro atoms. The Bertz CT molecular complexity index is 538. The highest BCUT2D eigenvalue weighted by atomic mass is 16.5. The Morgan fingerprint density at radius 1 is 1.13 bits per heavy atom. The largest absolute Gasteiger partial charge is 0.484 e. The van der Waals surface area contributed by atoms with Crippen molar-refractivity contribution in [2.24, 2.45) is 0 Å². The first kappa shape index (κ1) is 16.0. The van der Waals surface area contributed by atoms with E-state index in [0.29, 0.717) is 17.4 Å². The van der Waals surface area contributed by atoms with E-state index in [1.54, 1.807) is 24.3 Å². The Hall–Kier alpha value is -1.88. The number of hydrogen-bond acceptors (Lipinski definition) is 4. The third-order valence-corrected chi connectivity index (χ3v) is 4.74. The van der Waals surface area contributed by atoms with Crippen molar-refractivity contribution in [2.45, 2.75) is 31.7 Å². The van der Waals surface area contributed by atoms with Gasteiger partial charge in [0.05, 0.1) is 0 Å². The maximum Gasteiger partial charge on any atom is 0.260 e. The average molecular weight is 316 g/mol. The molecular weight excluding hydrogens is 292 g/mol. The molecule has 0 N–H and O–H groups in total. The minimum Gasteiger partial charge on any atom is -0.484 e. The van der Waals surface area contributed by atoms with Crippen molar-refractivity contribution < 1.29 is 14.3 Å². The van der Waals surface area contributed by atoms with Crippen LogP contribution in [0.1, 0.15) is 36.0 Å². The molecule has 124 valence electrons. The smallest absolute Gasteiger partial charge is 0.260 e. The number of benzene rings is 1. The van der Waals surface area contributed by atoms with Crippen LogP contribution in [0.4, 0.5) is 0 Å². The first-order valence-electron chi connectivity index (χ1n) is 8.46. The number of rotatable bonds is 6. The fraction of sp³-hybridized carbons (Fsp3) is 0.556. The summed E-state index contributed by atoms with van der Waals surface area (Å²) >= 11 is 0. The SMILES string of the molecule is O=Cc1ccc(OCC(=O)N2CCCC2CN2CCCC2)cc1. The summed E-state index contributed by atoms with van der Waals surface area (Å²) in [7, 11) is 0. The molecule has 2 aliphatic heterocycles. The predicted octanol–water partition coefficient (Wildman–Crippen LogP) is 1.96. The van der Waals surface area contributed by atoms with Crippen LogP contribution in [0.2, 0.25) is 0 Å². The summed E-state index contributed by atoms with van der Waals surface area (Å²) in [5, 5.41) is 0. The highest BCUT2D eigenvalue weighted by Crippen LogP contribution is 2.21. The van der Waals surface area contributed by atoms with Gasteiger partial charge in [0.25, 0.3) is 5.91 Å². The Morgan fingerprint density at radius 2 is 1.87 bits per heavy atom. The van der Waals surface area contributed by atoms with Gasteiger partial charge in [-0.25, -0.2) is 0 Å². The quantitative estimate of drug-likeness (QED) is 0.753. The maximum absolute atomic E-state index is 12.5. The standard InChI is InChI=1S/C18H24N2O3/c21-13-15-5-7-17(8-6-15)23-14-18(22)20-11-3-4-16(20)12-19-9-1-2-10-19/h5-8,13,16H,1-4,9-12,14H2. The van der Waals surface area contributed by atoms with Crippen LogP contribution in [0, 0.1) is 0 Å². The zero-order valence-corrected chi connectivity index (χ0v) is 13.4. The number of nitrogens with zero attached hydrogens (tertiary/aromatic N) is 2. The summed E-state index contributed by atoms with van der Waals surface area (Å²) in [5.74, 6) is 0.686. The molecule has 0 radical (unpaired) electrons. The lowest BCUT2D eigenvalue weighted by molar-refractivity contribution is -0.134. The molecule has 1 atom stereocenters. The molecule has 1 unspecified atom stereocenters. The zero-order valence-electron chi connectivity index (χ0n) is 13.4. The van der Waals surface area contributed by atoms with Gasteiger partial charge in [0.2, 0.25) is 0 Å². The van der Waals surface area contributed by atoms with Gasteiger partial charge in [-0.1, -0.05) is 0 Å². The third-order valence-electron chi connectivity index (χ3n) is 4.74. The Balaban J connectivity index is 1.50. The first-order valence-corrected chi connectivity index (χ1v) is 8.46. The molecule has 5 heteroatoms. The highest BCUT2D eigenvalue weighted by molar-refractivity contribution is 5.78. The average Bonchev–Trinajstić information content (AvgIpc) is 3.25. The van der Waals surface area contributed by atoms with Crippen molar-refractivity contribution in [1.29, 1.82) is 0 Å². The van der Waals surface area contributed by atoms with Crippen molar-refractivity contribution in [3.8, 4) is 5.75 Å². The van der Waals surface area contributed by atoms with Crippen LogP contribution in [0.25, 0.3) is 0 Å². The van der Waals surface area contributed by atoms with Crippen LogP contribution in [0.5, 0.6) is 5.75 Å². The number of ether oxygens (including phenoxy) is 1. The van der Waals surface area contributed by atoms with Crippen LogP contribution in [-0.2, 0) is 4.79 Å². The van der Waals surface area contributed by atoms with Gasteiger partial charge in [-0.2, -0.15) is 0 Å². The lowest BCUT2D eigenvalue weighted by Crippen LogP contribution is -2.44. The molecule has 2 heterocycles. The number of carbonyl (C=O) groups is 2. The molecule has 0 saturated carbocycles. The highest BCUT2D eigenvalue weighted by Gasteiger charge is 2.30. The number of hydrogen-bond donors (Lipinski definition) is 0. The third kappa shape index (κ3) is 4.10. The molecule has 23 heavy (non-hydrogen) atoms. The summed E-state index contributed by atoms with van der Waals surface area (Å²) in [4.78, 5) is 27.5. The zero-order chi connectivity index (χ0) is 16.1. The number of amides is 1. The molecule has 0 aromatic heterocycles. The number of carbonyl (C=O) groups excluding carboxylic acids is 2. The second-order valence-corrected chi connectivity index (χ2v) is 6.37. The van der Waals surface area contributed by atoms with Crippen LogP contribution in [0.3, 0.4) is 0 Å². The molecule has 1 aromatic carbocycles. The molecule has 1 aromatic rings. The number of likely N-dealkylation sites (tertiary alicyclic amines) is 2. The van der Waals surface area contributed by atoms with Crippen molar-refractivity contribution in [3.05, 3.63) is 29.8 Å². The fourth-order valence-electron chi connectivity index (χ4n) is 3.49. The van der Waals surface area contributed by atoms with Gasteiger partial charge in [-0.3, -0.25) is 9.59 Å². The van der Waals surface area contributed by atoms with Gasteiger partial charge in [0.15, 0.2) is 6.61 Å². The minimum atomic E-state index is 0.0613. The normalized spacial score (nSPS) is 21.6. The van der Waals surface area contributed by atoms with Crippen LogP contribution >= 0.6 is 0 Å². The van der Waals surface area contributed by atoms with Crippen LogP contribution in [-0.4, -0.2) is 60.8 Å². The Kier molecular flexibility index (Phi) is 5.28. The molecule has 2 saturated heterocycles. The van der Waals surface area contributed by atoms with E-state index in [1.165, 1.54) is 12.8 Å². The van der Waals surface area contributed by atoms with E-state index in [0.717, 1.165) is 45.3 Å². The van der Waals surface area contributed by atoms with E-state index in [2.05, 4.69) is 4.90 Å². The lowest BCUT2D eigenvalue weighted by Gasteiger charge is -2.28. The maximum atomic E-state index is 12.5. The first-order chi connectivity index (χ1) is 11.3. The van der Waals surface area contributed by atoms with Crippen LogP contribution in [0.15, 0.2) is 24.3 Å². The van der Waals surface area contributed by atoms with Gasteiger partial charge in [-0.15, -0.1) is 0 Å². The molecule has 1 amide bonds. The van der Waals surface area contributed by atoms with Crippen molar-refractivity contribution >= 4 is 12.2 Å². The van der Waals surface area contributed by atoms with E-state index >= 15 is 0 Å². The lowest BCUT2D eigenvalue weighted by atomic mass is 10.2. The minimum absolute atomic E-state index is 0.0613. The van der Waals surface area contributed by atoms with Gasteiger partial charge in [0.1, 0.15) is 12.0 Å². The topological polar surface area (TPSA) is 49.9 Å². The van der Waals surface area contributed by atoms with E-state index in [1.807, 2.05) is 4.90 Å². The van der Waals surface area contributed by atoms with Gasteiger partial charge in [0, 0.05) is 24.7 Å². The van der Waals surface area contributed by atoms with E-state index < -0.39 is 0 Å². The number of aldehydes is 1. The predicted molar refractivity (Wildman–Crippen MR) is 87.7 cm³/mol. The molecule has 5 nitrogen and oxygen atoms in total. The summed E-state index contributed by atoms with van der Waals surface area (Å²) in [5.41, 5.74) is 0.605. The monoisotopic (exact) mass is 316 g/mol. The van der Waals surface area contributed by atoms with Crippen LogP contribution < -0.4 is 4.74 Å². The molecular formula is C18H24N2O3. The summed E-state index contributed by atoms with van der Waals surface area (Å²) in [6.45, 7) is 4.23. The van der Waals surface area contributed by atoms with Crippen molar-refractivity contribution in [3.63, 3.8) is 0 Å². The fourth-order valence-corrected chi connectivity index (χ4v) is 3.49. The van der Waals surface area contributed by atoms with Gasteiger partial charge in [-0.05, 0) is 63.0 Å². The van der Waals surface area contributed by atoms with E-state index in [9.17, 15) is 9.59 Å². The van der Waals surface area contributed by atoms with Crippen molar-refractivity contribution in [2.75, 3.05) is 32.8 Å². The van der Waals surface area contributed by atoms with E-state index in [4.69, 9.17) is 4.74 Å². The molecule has 2 fully saturated rings. The molecule has 0 aliphatic carbocycles. The summed E-state index contributed by atoms with van der Waals surface area (Å²) < 4.78 is 5.58. The van der Waals surface area contributed by atoms with Gasteiger partial charge < -0.3 is 14.5 Å². The Labute approximate surface area is 137 Å². The summed E-state index contributed by atoms with van der Waals surface area (Å²) in [6, 6.07) is 7.17. The van der Waals surface area contributed by atoms with Crippen molar-refractivity contribution in [1.82, 2.24) is 9.80 Å². The van der Waals surface area contributed by atoms with E-state index in [-0.39, 0.29) is 12.5 Å². The van der Waals surface area contributed by atoms with Gasteiger partial charge >= 0.3 is 0 Å². The molecule has 0 bridgehead atoms. The second kappa shape index (κ2) is 7.59. The molecule has 3 rings (SSSR count). The summed E-state index contributed by atoms with van der Waals surface area (Å²) in [6.07, 6.45) is 5.53. The molecule has 2 aliphatic rings. The second-order valence-electron chi connectivity index (χ2n) is 6.37.